The van der Waals surface area contributed by atoms with Crippen LogP contribution in [0.15, 0.2) is 36.5 Å². The fourth-order valence-corrected chi connectivity index (χ4v) is 4.52. The second kappa shape index (κ2) is 13.5. The van der Waals surface area contributed by atoms with Crippen molar-refractivity contribution in [2.45, 2.75) is 51.6 Å². The molecule has 3 aromatic heterocycles. The molecule has 1 aliphatic rings. The summed E-state index contributed by atoms with van der Waals surface area (Å²) in [6.07, 6.45) is 5.84. The van der Waals surface area contributed by atoms with Crippen LogP contribution in [0.4, 0.5) is 17.5 Å². The van der Waals surface area contributed by atoms with Crippen molar-refractivity contribution in [3.05, 3.63) is 64.6 Å². The van der Waals surface area contributed by atoms with Gasteiger partial charge in [-0.25, -0.2) is 4.68 Å². The Balaban J connectivity index is 0.000000168. The van der Waals surface area contributed by atoms with Crippen molar-refractivity contribution in [1.82, 2.24) is 30.2 Å². The lowest BCUT2D eigenvalue weighted by Gasteiger charge is -2.17. The molecule has 0 saturated heterocycles. The summed E-state index contributed by atoms with van der Waals surface area (Å²) in [5, 5.41) is 52.2. The predicted molar refractivity (Wildman–Crippen MR) is 149 cm³/mol. The van der Waals surface area contributed by atoms with Crippen molar-refractivity contribution in [2.24, 2.45) is 5.92 Å². The van der Waals surface area contributed by atoms with Gasteiger partial charge in [-0.1, -0.05) is 38.0 Å². The van der Waals surface area contributed by atoms with Crippen molar-refractivity contribution < 1.29 is 5.11 Å². The Morgan fingerprint density at radius 1 is 0.900 bits per heavy atom. The highest BCUT2D eigenvalue weighted by atomic mass is 16.3. The summed E-state index contributed by atoms with van der Waals surface area (Å²) in [5.41, 5.74) is 20.0. The molecule has 40 heavy (non-hydrogen) atoms. The number of rotatable bonds is 4. The van der Waals surface area contributed by atoms with E-state index in [0.717, 1.165) is 11.4 Å². The van der Waals surface area contributed by atoms with Crippen LogP contribution in [-0.2, 0) is 0 Å². The van der Waals surface area contributed by atoms with Crippen LogP contribution in [0.2, 0.25) is 0 Å². The first kappa shape index (κ1) is 29.2. The quantitative estimate of drug-likeness (QED) is 0.220. The van der Waals surface area contributed by atoms with E-state index >= 15 is 0 Å². The third-order valence-electron chi connectivity index (χ3n) is 6.78. The number of nitrogen functional groups attached to an aromatic ring is 3. The zero-order valence-corrected chi connectivity index (χ0v) is 22.3. The molecule has 13 heteroatoms. The Morgan fingerprint density at radius 3 is 1.93 bits per heavy atom. The smallest absolute Gasteiger partial charge is 0.163 e. The molecular weight excluding hydrogens is 508 g/mol. The molecule has 4 aromatic rings. The Bertz CT molecular complexity index is 1520. The molecule has 9 N–H and O–H groups in total. The van der Waals surface area contributed by atoms with Gasteiger partial charge in [-0.3, -0.25) is 10.2 Å². The Hall–Kier alpha value is -5.32. The van der Waals surface area contributed by atoms with Crippen molar-refractivity contribution in [1.29, 1.82) is 15.8 Å². The number of hydrogen-bond acceptors (Lipinski definition) is 10. The molecular formula is C27H32N12O. The number of aromatic nitrogens is 6. The fraction of sp³-hybridized carbons (Fsp3) is 0.333. The first-order chi connectivity index (χ1) is 19.2. The van der Waals surface area contributed by atoms with Crippen molar-refractivity contribution in [3.8, 4) is 23.9 Å². The van der Waals surface area contributed by atoms with E-state index < -0.39 is 6.10 Å². The number of nitrogens with two attached hydrogens (primary N) is 3. The van der Waals surface area contributed by atoms with E-state index in [1.54, 1.807) is 4.68 Å². The van der Waals surface area contributed by atoms with Gasteiger partial charge < -0.3 is 22.3 Å². The van der Waals surface area contributed by atoms with Crippen LogP contribution in [0, 0.1) is 39.9 Å². The maximum atomic E-state index is 9.07. The van der Waals surface area contributed by atoms with Gasteiger partial charge in [0.2, 0.25) is 0 Å². The first-order valence-electron chi connectivity index (χ1n) is 12.7. The predicted octanol–water partition coefficient (Wildman–Crippen LogP) is 3.40. The van der Waals surface area contributed by atoms with E-state index in [9.17, 15) is 0 Å². The molecule has 206 valence electrons. The van der Waals surface area contributed by atoms with E-state index in [0.29, 0.717) is 40.3 Å². The summed E-state index contributed by atoms with van der Waals surface area (Å²) in [6.45, 7) is 3.69. The fourth-order valence-electron chi connectivity index (χ4n) is 4.52. The van der Waals surface area contributed by atoms with Gasteiger partial charge in [0, 0.05) is 5.92 Å². The Kier molecular flexibility index (Phi) is 9.84. The maximum Gasteiger partial charge on any atom is 0.163 e. The number of H-pyrrole nitrogens is 2. The summed E-state index contributed by atoms with van der Waals surface area (Å²) < 4.78 is 1.54. The zero-order chi connectivity index (χ0) is 29.2. The normalized spacial score (nSPS) is 13.9. The molecule has 0 spiro atoms. The van der Waals surface area contributed by atoms with Gasteiger partial charge in [0.1, 0.15) is 40.7 Å². The molecule has 0 bridgehead atoms. The summed E-state index contributed by atoms with van der Waals surface area (Å²) >= 11 is 0. The van der Waals surface area contributed by atoms with Crippen LogP contribution < -0.4 is 17.2 Å². The van der Waals surface area contributed by atoms with Gasteiger partial charge in [0.05, 0.1) is 29.4 Å². The molecule has 2 unspecified atom stereocenters. The van der Waals surface area contributed by atoms with Crippen LogP contribution in [0.1, 0.15) is 79.6 Å². The van der Waals surface area contributed by atoms with Gasteiger partial charge in [0.25, 0.3) is 0 Å². The van der Waals surface area contributed by atoms with Crippen LogP contribution in [0.5, 0.6) is 0 Å². The molecule has 3 heterocycles. The number of anilines is 3. The summed E-state index contributed by atoms with van der Waals surface area (Å²) in [5.74, 6) is 1.88. The minimum atomic E-state index is -0.741. The summed E-state index contributed by atoms with van der Waals surface area (Å²) in [4.78, 5) is 0. The molecule has 0 amide bonds. The molecule has 1 fully saturated rings. The molecule has 1 saturated carbocycles. The van der Waals surface area contributed by atoms with Gasteiger partial charge in [-0.15, -0.1) is 0 Å². The SMILES string of the molecule is CC(O)c1[nH]nc(N)c1C#N.CC(c1[nH]nc(N)c1C#N)C1CCCC1.N#Cc1cnn(-c2ccccc2)c1N. The minimum Gasteiger partial charge on any atom is -0.387 e. The number of aliphatic hydroxyl groups is 1. The summed E-state index contributed by atoms with van der Waals surface area (Å²) in [6, 6.07) is 15.4. The molecule has 1 aliphatic carbocycles. The Morgan fingerprint density at radius 2 is 1.45 bits per heavy atom. The second-order valence-electron chi connectivity index (χ2n) is 9.33. The van der Waals surface area contributed by atoms with Crippen molar-refractivity contribution in [3.63, 3.8) is 0 Å². The average molecular weight is 541 g/mol. The van der Waals surface area contributed by atoms with E-state index in [1.165, 1.54) is 38.8 Å². The van der Waals surface area contributed by atoms with Crippen LogP contribution in [0.25, 0.3) is 5.69 Å². The highest BCUT2D eigenvalue weighted by Gasteiger charge is 2.26. The summed E-state index contributed by atoms with van der Waals surface area (Å²) in [7, 11) is 0. The van der Waals surface area contributed by atoms with Gasteiger partial charge in [0.15, 0.2) is 11.6 Å². The number of nitrogens with one attached hydrogen (secondary N) is 2. The van der Waals surface area contributed by atoms with Crippen LogP contribution >= 0.6 is 0 Å². The number of aliphatic hydroxyl groups excluding tert-OH is 1. The van der Waals surface area contributed by atoms with Crippen molar-refractivity contribution >= 4 is 17.5 Å². The highest BCUT2D eigenvalue weighted by molar-refractivity contribution is 5.53. The third kappa shape index (κ3) is 6.57. The number of aromatic amines is 2. The zero-order valence-electron chi connectivity index (χ0n) is 22.3. The van der Waals surface area contributed by atoms with E-state index in [-0.39, 0.29) is 11.4 Å². The largest absolute Gasteiger partial charge is 0.387 e. The molecule has 13 nitrogen and oxygen atoms in total. The van der Waals surface area contributed by atoms with Crippen LogP contribution in [0.3, 0.4) is 0 Å². The number of benzene rings is 1. The topological polar surface area (TPSA) is 245 Å². The maximum absolute atomic E-state index is 9.07. The monoisotopic (exact) mass is 540 g/mol. The lowest BCUT2D eigenvalue weighted by molar-refractivity contribution is 0.194. The first-order valence-corrected chi connectivity index (χ1v) is 12.7. The molecule has 0 radical (unpaired) electrons. The van der Waals surface area contributed by atoms with E-state index in [2.05, 4.69) is 38.5 Å². The standard InChI is InChI=1S/C11H16N4.C10H8N4.C6H8N4O/c1-7(8-4-2-3-5-8)10-9(6-12)11(13)15-14-10;11-6-8-7-13-14(10(8)12)9-4-2-1-3-5-9;1-3(11)5-4(2-7)6(8)10-9-5/h7-8H,2-5H2,1H3,(H3,13,14,15);1-5,7H,12H2;3,11H,1H3,(H3,8,9,10). The van der Waals surface area contributed by atoms with Gasteiger partial charge in [-0.05, 0) is 37.8 Å². The molecule has 2 atom stereocenters. The third-order valence-corrected chi connectivity index (χ3v) is 6.78. The lowest BCUT2D eigenvalue weighted by Crippen LogP contribution is -2.08. The number of nitrogens with zero attached hydrogens (tertiary/aromatic N) is 7. The molecule has 5 rings (SSSR count). The minimum absolute atomic E-state index is 0.128. The van der Waals surface area contributed by atoms with E-state index in [4.69, 9.17) is 38.1 Å². The van der Waals surface area contributed by atoms with E-state index in [1.807, 2.05) is 42.5 Å². The second-order valence-corrected chi connectivity index (χ2v) is 9.33. The molecule has 0 aliphatic heterocycles. The van der Waals surface area contributed by atoms with Crippen molar-refractivity contribution in [2.75, 3.05) is 17.2 Å². The highest BCUT2D eigenvalue weighted by Crippen LogP contribution is 2.37. The Labute approximate surface area is 231 Å². The lowest BCUT2D eigenvalue weighted by atomic mass is 9.88. The number of nitriles is 3. The van der Waals surface area contributed by atoms with Crippen LogP contribution in [-0.4, -0.2) is 35.3 Å². The van der Waals surface area contributed by atoms with Gasteiger partial charge in [-0.2, -0.15) is 31.1 Å². The average Bonchev–Trinajstić information content (AvgIpc) is 3.76. The molecule has 1 aromatic carbocycles. The number of hydrogen-bond donors (Lipinski definition) is 6. The van der Waals surface area contributed by atoms with Gasteiger partial charge >= 0.3 is 0 Å². The number of para-hydroxylation sites is 1.